The number of nitrogens with two attached hydrogens (primary N) is 1. The van der Waals surface area contributed by atoms with Gasteiger partial charge >= 0.3 is 0 Å². The molecule has 1 unspecified atom stereocenters. The predicted molar refractivity (Wildman–Crippen MR) is 83.9 cm³/mol. The molecule has 2 aromatic rings. The van der Waals surface area contributed by atoms with E-state index in [0.717, 1.165) is 16.5 Å². The summed E-state index contributed by atoms with van der Waals surface area (Å²) in [5, 5.41) is 1.14. The number of hydrogen-bond acceptors (Lipinski definition) is 2. The van der Waals surface area contributed by atoms with Crippen molar-refractivity contribution in [3.05, 3.63) is 54.1 Å². The van der Waals surface area contributed by atoms with Crippen molar-refractivity contribution in [1.82, 2.24) is 0 Å². The van der Waals surface area contributed by atoms with Crippen LogP contribution in [0.25, 0.3) is 0 Å². The highest BCUT2D eigenvalue weighted by molar-refractivity contribution is 9.10. The van der Waals surface area contributed by atoms with E-state index in [0.29, 0.717) is 10.0 Å². The quantitative estimate of drug-likeness (QED) is 0.778. The molecule has 0 spiro atoms. The van der Waals surface area contributed by atoms with Gasteiger partial charge in [0.2, 0.25) is 0 Å². The van der Waals surface area contributed by atoms with Gasteiger partial charge in [0.15, 0.2) is 0 Å². The first-order valence-corrected chi connectivity index (χ1v) is 7.79. The summed E-state index contributed by atoms with van der Waals surface area (Å²) >= 11 is 17.2. The Bertz CT molecular complexity index is 568. The molecule has 96 valence electrons. The summed E-state index contributed by atoms with van der Waals surface area (Å²) in [6.45, 7) is 2.07. The minimum atomic E-state index is -0.0321. The van der Waals surface area contributed by atoms with Crippen molar-refractivity contribution in [2.45, 2.75) is 19.4 Å². The van der Waals surface area contributed by atoms with Crippen molar-refractivity contribution < 1.29 is 0 Å². The maximum absolute atomic E-state index is 6.23. The molecule has 0 radical (unpaired) electrons. The van der Waals surface area contributed by atoms with Crippen LogP contribution in [-0.4, -0.2) is 0 Å². The molecule has 0 aliphatic rings. The first kappa shape index (κ1) is 14.4. The van der Waals surface area contributed by atoms with Crippen molar-refractivity contribution in [3.63, 3.8) is 0 Å². The van der Waals surface area contributed by atoms with Crippen LogP contribution in [0.4, 0.5) is 0 Å². The second kappa shape index (κ2) is 5.93. The molecule has 1 aromatic heterocycles. The Hall–Kier alpha value is -0.0600. The Kier molecular flexibility index (Phi) is 4.73. The van der Waals surface area contributed by atoms with Crippen molar-refractivity contribution in [1.29, 1.82) is 0 Å². The van der Waals surface area contributed by atoms with Crippen LogP contribution in [0.15, 0.2) is 28.7 Å². The monoisotopic (exact) mass is 363 g/mol. The minimum Gasteiger partial charge on any atom is -0.323 e. The van der Waals surface area contributed by atoms with Crippen molar-refractivity contribution in [2.75, 3.05) is 0 Å². The normalized spacial score (nSPS) is 12.7. The molecule has 5 heteroatoms. The summed E-state index contributed by atoms with van der Waals surface area (Å²) < 4.78 is 1.08. The van der Waals surface area contributed by atoms with Crippen molar-refractivity contribution in [3.8, 4) is 0 Å². The van der Waals surface area contributed by atoms with Crippen LogP contribution in [0, 0.1) is 6.92 Å². The van der Waals surface area contributed by atoms with Gasteiger partial charge in [0.1, 0.15) is 0 Å². The fourth-order valence-corrected chi connectivity index (χ4v) is 4.03. The molecule has 1 atom stereocenters. The highest BCUT2D eigenvalue weighted by Crippen LogP contribution is 2.33. The van der Waals surface area contributed by atoms with E-state index < -0.39 is 0 Å². The Balaban J connectivity index is 2.18. The molecule has 2 N–H and O–H groups in total. The molecule has 0 bridgehead atoms. The first-order chi connectivity index (χ1) is 8.47. The summed E-state index contributed by atoms with van der Waals surface area (Å²) in [6, 6.07) is 7.70. The Morgan fingerprint density at radius 1 is 1.28 bits per heavy atom. The molecular formula is C13H12BrCl2NS. The number of hydrogen-bond donors (Lipinski definition) is 1. The highest BCUT2D eigenvalue weighted by Gasteiger charge is 2.14. The fraction of sp³-hybridized carbons (Fsp3) is 0.231. The van der Waals surface area contributed by atoms with Gasteiger partial charge in [0.05, 0.1) is 10.0 Å². The topological polar surface area (TPSA) is 26.0 Å². The van der Waals surface area contributed by atoms with Crippen LogP contribution >= 0.6 is 50.5 Å². The average molecular weight is 365 g/mol. The lowest BCUT2D eigenvalue weighted by Crippen LogP contribution is -2.12. The molecule has 0 aliphatic heterocycles. The van der Waals surface area contributed by atoms with Crippen molar-refractivity contribution in [2.24, 2.45) is 5.73 Å². The zero-order chi connectivity index (χ0) is 13.3. The van der Waals surface area contributed by atoms with Gasteiger partial charge in [0, 0.05) is 20.3 Å². The van der Waals surface area contributed by atoms with E-state index in [2.05, 4.69) is 28.9 Å². The molecule has 1 heterocycles. The number of rotatable bonds is 3. The molecule has 2 rings (SSSR count). The van der Waals surface area contributed by atoms with Gasteiger partial charge in [-0.25, -0.2) is 0 Å². The summed E-state index contributed by atoms with van der Waals surface area (Å²) in [4.78, 5) is 2.42. The molecule has 0 aliphatic carbocycles. The van der Waals surface area contributed by atoms with Crippen LogP contribution < -0.4 is 5.73 Å². The lowest BCUT2D eigenvalue weighted by molar-refractivity contribution is 0.734. The van der Waals surface area contributed by atoms with Crippen LogP contribution in [0.5, 0.6) is 0 Å². The number of benzene rings is 1. The molecule has 1 aromatic carbocycles. The lowest BCUT2D eigenvalue weighted by atomic mass is 10.1. The van der Waals surface area contributed by atoms with E-state index >= 15 is 0 Å². The van der Waals surface area contributed by atoms with Crippen LogP contribution in [-0.2, 0) is 6.42 Å². The maximum atomic E-state index is 6.23. The second-order valence-electron chi connectivity index (χ2n) is 4.13. The molecular weight excluding hydrogens is 353 g/mol. The summed E-state index contributed by atoms with van der Waals surface area (Å²) in [7, 11) is 0. The summed E-state index contributed by atoms with van der Waals surface area (Å²) in [5.41, 5.74) is 7.33. The molecule has 1 nitrogen and oxygen atoms in total. The van der Waals surface area contributed by atoms with Crippen LogP contribution in [0.1, 0.15) is 21.4 Å². The lowest BCUT2D eigenvalue weighted by Gasteiger charge is -2.11. The molecule has 18 heavy (non-hydrogen) atoms. The zero-order valence-electron chi connectivity index (χ0n) is 9.71. The van der Waals surface area contributed by atoms with E-state index in [-0.39, 0.29) is 6.04 Å². The second-order valence-corrected chi connectivity index (χ2v) is 7.08. The van der Waals surface area contributed by atoms with Crippen molar-refractivity contribution >= 4 is 50.5 Å². The maximum Gasteiger partial charge on any atom is 0.0595 e. The van der Waals surface area contributed by atoms with Gasteiger partial charge in [0.25, 0.3) is 0 Å². The van der Waals surface area contributed by atoms with E-state index in [1.165, 1.54) is 9.75 Å². The molecule has 0 amide bonds. The Morgan fingerprint density at radius 2 is 2.00 bits per heavy atom. The van der Waals surface area contributed by atoms with Gasteiger partial charge in [-0.2, -0.15) is 0 Å². The SMILES string of the molecule is Cc1cc(Br)c(C(N)Cc2ccc(Cl)c(Cl)c2)s1. The van der Waals surface area contributed by atoms with Gasteiger partial charge in [-0.3, -0.25) is 0 Å². The zero-order valence-corrected chi connectivity index (χ0v) is 13.6. The van der Waals surface area contributed by atoms with Crippen LogP contribution in [0.2, 0.25) is 10.0 Å². The van der Waals surface area contributed by atoms with Gasteiger partial charge in [-0.05, 0) is 53.0 Å². The predicted octanol–water partition coefficient (Wildman–Crippen LogP) is 5.37. The number of aryl methyl sites for hydroxylation is 1. The third-order valence-corrected chi connectivity index (χ3v) is 5.45. The van der Waals surface area contributed by atoms with E-state index in [9.17, 15) is 0 Å². The Labute approximate surface area is 129 Å². The standard InChI is InChI=1S/C13H12BrCl2NS/c1-7-4-9(14)13(18-7)12(17)6-8-2-3-10(15)11(16)5-8/h2-5,12H,6,17H2,1H3. The van der Waals surface area contributed by atoms with Crippen LogP contribution in [0.3, 0.4) is 0 Å². The Morgan fingerprint density at radius 3 is 2.56 bits per heavy atom. The van der Waals surface area contributed by atoms with Gasteiger partial charge in [-0.1, -0.05) is 29.3 Å². The highest BCUT2D eigenvalue weighted by atomic mass is 79.9. The fourth-order valence-electron chi connectivity index (χ4n) is 1.77. The summed E-state index contributed by atoms with van der Waals surface area (Å²) in [6.07, 6.45) is 0.745. The smallest absolute Gasteiger partial charge is 0.0595 e. The number of thiophene rings is 1. The van der Waals surface area contributed by atoms with E-state index in [1.807, 2.05) is 12.1 Å². The van der Waals surface area contributed by atoms with Gasteiger partial charge in [-0.15, -0.1) is 11.3 Å². The average Bonchev–Trinajstić information content (AvgIpc) is 2.63. The third kappa shape index (κ3) is 3.28. The van der Waals surface area contributed by atoms with E-state index in [1.54, 1.807) is 17.4 Å². The van der Waals surface area contributed by atoms with Gasteiger partial charge < -0.3 is 5.73 Å². The number of halogens is 3. The minimum absolute atomic E-state index is 0.0321. The molecule has 0 fully saturated rings. The largest absolute Gasteiger partial charge is 0.323 e. The summed E-state index contributed by atoms with van der Waals surface area (Å²) in [5.74, 6) is 0. The molecule has 0 saturated heterocycles. The van der Waals surface area contributed by atoms with E-state index in [4.69, 9.17) is 28.9 Å². The first-order valence-electron chi connectivity index (χ1n) is 5.42. The molecule has 0 saturated carbocycles. The third-order valence-electron chi connectivity index (χ3n) is 2.61.